The Morgan fingerprint density at radius 1 is 1.08 bits per heavy atom. The number of fused-ring (bicyclic) bond motifs is 3. The number of ketones is 1. The van der Waals surface area contributed by atoms with Crippen LogP contribution in [-0.4, -0.2) is 22.5 Å². The molecular weight excluding hydrogens is 358 g/mol. The van der Waals surface area contributed by atoms with Gasteiger partial charge in [0.1, 0.15) is 0 Å². The minimum absolute atomic E-state index is 0.0220. The highest BCUT2D eigenvalue weighted by Crippen LogP contribution is 2.41. The van der Waals surface area contributed by atoms with Crippen molar-refractivity contribution in [1.29, 1.82) is 0 Å². The normalized spacial score (nSPS) is 17.8. The molecule has 3 heterocycles. The van der Waals surface area contributed by atoms with Gasteiger partial charge in [0.25, 0.3) is 0 Å². The lowest BCUT2D eigenvalue weighted by Crippen LogP contribution is -2.25. The molecule has 1 aliphatic carbocycles. The van der Waals surface area contributed by atoms with Crippen molar-refractivity contribution in [3.05, 3.63) is 22.7 Å². The molecule has 2 aromatic heterocycles. The second kappa shape index (κ2) is 5.15. The van der Waals surface area contributed by atoms with Crippen LogP contribution in [0.4, 0.5) is 10.3 Å². The first kappa shape index (κ1) is 15.1. The van der Waals surface area contributed by atoms with Crippen molar-refractivity contribution in [1.82, 2.24) is 9.97 Å². The van der Waals surface area contributed by atoms with Gasteiger partial charge < -0.3 is 14.8 Å². The van der Waals surface area contributed by atoms with Crippen LogP contribution in [0, 0.1) is 5.41 Å². The molecule has 0 spiro atoms. The van der Waals surface area contributed by atoms with Crippen LogP contribution in [0.15, 0.2) is 12.1 Å². The largest absolute Gasteiger partial charge is 0.454 e. The van der Waals surface area contributed by atoms with Crippen LogP contribution >= 0.6 is 22.7 Å². The topological polar surface area (TPSA) is 73.3 Å². The SMILES string of the molecule is CC1(C)CC(=O)c2sc(Nc3nc4cc5c(cc4s3)OCO5)nc2C1. The minimum Gasteiger partial charge on any atom is -0.454 e. The zero-order valence-electron chi connectivity index (χ0n) is 13.7. The number of aromatic nitrogens is 2. The molecule has 3 aromatic rings. The molecule has 1 N–H and O–H groups in total. The summed E-state index contributed by atoms with van der Waals surface area (Å²) in [6.07, 6.45) is 1.40. The van der Waals surface area contributed by atoms with Crippen molar-refractivity contribution in [2.75, 3.05) is 12.1 Å². The van der Waals surface area contributed by atoms with Crippen molar-refractivity contribution in [3.63, 3.8) is 0 Å². The number of benzene rings is 1. The zero-order chi connectivity index (χ0) is 17.2. The van der Waals surface area contributed by atoms with Gasteiger partial charge in [0.15, 0.2) is 27.5 Å². The van der Waals surface area contributed by atoms with Crippen molar-refractivity contribution in [2.45, 2.75) is 26.7 Å². The Kier molecular flexibility index (Phi) is 3.11. The van der Waals surface area contributed by atoms with Gasteiger partial charge in [-0.3, -0.25) is 4.79 Å². The van der Waals surface area contributed by atoms with E-state index in [4.69, 9.17) is 9.47 Å². The highest BCUT2D eigenvalue weighted by molar-refractivity contribution is 7.23. The van der Waals surface area contributed by atoms with E-state index in [1.165, 1.54) is 22.7 Å². The molecule has 0 saturated carbocycles. The highest BCUT2D eigenvalue weighted by Gasteiger charge is 2.34. The van der Waals surface area contributed by atoms with Gasteiger partial charge in [0.2, 0.25) is 6.79 Å². The van der Waals surface area contributed by atoms with E-state index in [-0.39, 0.29) is 18.0 Å². The number of anilines is 2. The third kappa shape index (κ3) is 2.56. The molecule has 2 aliphatic rings. The monoisotopic (exact) mass is 373 g/mol. The predicted molar refractivity (Wildman–Crippen MR) is 97.6 cm³/mol. The van der Waals surface area contributed by atoms with Crippen molar-refractivity contribution >= 4 is 48.9 Å². The smallest absolute Gasteiger partial charge is 0.231 e. The average molecular weight is 373 g/mol. The van der Waals surface area contributed by atoms with E-state index in [0.29, 0.717) is 6.42 Å². The van der Waals surface area contributed by atoms with E-state index in [2.05, 4.69) is 29.1 Å². The van der Waals surface area contributed by atoms with E-state index in [1.54, 1.807) is 0 Å². The number of thiazole rings is 2. The number of carbonyl (C=O) groups is 1. The number of hydrogen-bond donors (Lipinski definition) is 1. The highest BCUT2D eigenvalue weighted by atomic mass is 32.1. The Morgan fingerprint density at radius 3 is 2.68 bits per heavy atom. The maximum absolute atomic E-state index is 12.3. The number of carbonyl (C=O) groups excluding carboxylic acids is 1. The summed E-state index contributed by atoms with van der Waals surface area (Å²) < 4.78 is 11.8. The van der Waals surface area contributed by atoms with Crippen LogP contribution in [0.3, 0.4) is 0 Å². The zero-order valence-corrected chi connectivity index (χ0v) is 15.3. The third-order valence-corrected chi connectivity index (χ3v) is 6.32. The first-order valence-electron chi connectivity index (χ1n) is 7.97. The van der Waals surface area contributed by atoms with Gasteiger partial charge in [-0.15, -0.1) is 0 Å². The van der Waals surface area contributed by atoms with Gasteiger partial charge >= 0.3 is 0 Å². The number of Topliss-reactive ketones (excluding diaryl/α,β-unsaturated/α-hetero) is 1. The average Bonchev–Trinajstić information content (AvgIpc) is 3.20. The molecular formula is C17H15N3O3S2. The predicted octanol–water partition coefficient (Wildman–Crippen LogP) is 4.38. The van der Waals surface area contributed by atoms with Gasteiger partial charge in [0, 0.05) is 18.6 Å². The summed E-state index contributed by atoms with van der Waals surface area (Å²) in [6, 6.07) is 3.83. The van der Waals surface area contributed by atoms with Crippen LogP contribution in [0.25, 0.3) is 10.2 Å². The summed E-state index contributed by atoms with van der Waals surface area (Å²) in [4.78, 5) is 22.3. The van der Waals surface area contributed by atoms with Crippen LogP contribution in [0.5, 0.6) is 11.5 Å². The minimum atomic E-state index is -0.0220. The molecule has 6 nitrogen and oxygen atoms in total. The first-order valence-corrected chi connectivity index (χ1v) is 9.60. The van der Waals surface area contributed by atoms with Crippen LogP contribution in [0.2, 0.25) is 0 Å². The quantitative estimate of drug-likeness (QED) is 0.719. The molecule has 0 radical (unpaired) electrons. The number of ether oxygens (including phenoxy) is 2. The van der Waals surface area contributed by atoms with E-state index in [9.17, 15) is 4.79 Å². The Labute approximate surface area is 151 Å². The molecule has 0 saturated heterocycles. The lowest BCUT2D eigenvalue weighted by Gasteiger charge is -2.26. The number of nitrogens with zero attached hydrogens (tertiary/aromatic N) is 2. The molecule has 5 rings (SSSR count). The summed E-state index contributed by atoms with van der Waals surface area (Å²) in [6.45, 7) is 4.47. The Morgan fingerprint density at radius 2 is 1.84 bits per heavy atom. The lowest BCUT2D eigenvalue weighted by atomic mass is 9.78. The molecule has 0 amide bonds. The molecule has 128 valence electrons. The molecule has 0 atom stereocenters. The molecule has 0 fully saturated rings. The van der Waals surface area contributed by atoms with Crippen molar-refractivity contribution in [2.24, 2.45) is 5.41 Å². The van der Waals surface area contributed by atoms with Gasteiger partial charge in [-0.2, -0.15) is 0 Å². The molecule has 0 bridgehead atoms. The van der Waals surface area contributed by atoms with Gasteiger partial charge in [-0.05, 0) is 11.8 Å². The van der Waals surface area contributed by atoms with Gasteiger partial charge in [-0.1, -0.05) is 36.5 Å². The first-order chi connectivity index (χ1) is 12.0. The summed E-state index contributed by atoms with van der Waals surface area (Å²) >= 11 is 2.95. The van der Waals surface area contributed by atoms with E-state index < -0.39 is 0 Å². The molecule has 1 aromatic carbocycles. The lowest BCUT2D eigenvalue weighted by molar-refractivity contribution is 0.0916. The van der Waals surface area contributed by atoms with E-state index >= 15 is 0 Å². The van der Waals surface area contributed by atoms with Crippen molar-refractivity contribution in [3.8, 4) is 11.5 Å². The second-order valence-corrected chi connectivity index (χ2v) is 9.08. The summed E-state index contributed by atoms with van der Waals surface area (Å²) in [5, 5.41) is 4.72. The standard InChI is InChI=1S/C17H15N3O3S2/c1-17(2)5-9-14(10(21)6-17)25-16(19-9)20-15-18-8-3-11-12(23-7-22-11)4-13(8)24-15/h3-4H,5-7H2,1-2H3,(H,18,19,20). The summed E-state index contributed by atoms with van der Waals surface area (Å²) in [7, 11) is 0. The second-order valence-electron chi connectivity index (χ2n) is 7.05. The Bertz CT molecular complexity index is 981. The fraction of sp³-hybridized carbons (Fsp3) is 0.353. The van der Waals surface area contributed by atoms with Gasteiger partial charge in [-0.25, -0.2) is 9.97 Å². The Hall–Kier alpha value is -2.19. The van der Waals surface area contributed by atoms with Crippen LogP contribution in [-0.2, 0) is 6.42 Å². The molecule has 1 aliphatic heterocycles. The van der Waals surface area contributed by atoms with E-state index in [1.807, 2.05) is 12.1 Å². The molecule has 0 unspecified atom stereocenters. The number of nitrogens with one attached hydrogen (secondary N) is 1. The molecule has 8 heteroatoms. The molecule has 25 heavy (non-hydrogen) atoms. The third-order valence-electron chi connectivity index (χ3n) is 4.33. The number of hydrogen-bond acceptors (Lipinski definition) is 8. The maximum atomic E-state index is 12.3. The van der Waals surface area contributed by atoms with E-state index in [0.717, 1.165) is 49.0 Å². The Balaban J connectivity index is 1.46. The summed E-state index contributed by atoms with van der Waals surface area (Å²) in [5.74, 6) is 1.66. The van der Waals surface area contributed by atoms with Crippen LogP contribution in [0.1, 0.15) is 35.6 Å². The van der Waals surface area contributed by atoms with Crippen molar-refractivity contribution < 1.29 is 14.3 Å². The fourth-order valence-electron chi connectivity index (χ4n) is 3.24. The fourth-order valence-corrected chi connectivity index (χ4v) is 5.09. The van der Waals surface area contributed by atoms with Gasteiger partial charge in [0.05, 0.1) is 20.8 Å². The summed E-state index contributed by atoms with van der Waals surface area (Å²) in [5.41, 5.74) is 1.73. The van der Waals surface area contributed by atoms with Crippen LogP contribution < -0.4 is 14.8 Å². The number of rotatable bonds is 2. The maximum Gasteiger partial charge on any atom is 0.231 e.